The molecule has 1 heteroatoms. The third-order valence-corrected chi connectivity index (χ3v) is 2.72. The number of rotatable bonds is 0. The minimum Gasteiger partial charge on any atom is -0.295 e. The highest BCUT2D eigenvalue weighted by Gasteiger charge is 2.30. The largest absolute Gasteiger partial charge is 0.295 e. The van der Waals surface area contributed by atoms with Gasteiger partial charge in [0.1, 0.15) is 0 Å². The second-order valence-corrected chi connectivity index (χ2v) is 3.70. The van der Waals surface area contributed by atoms with E-state index in [2.05, 4.69) is 19.1 Å². The third kappa shape index (κ3) is 1.06. The van der Waals surface area contributed by atoms with Gasteiger partial charge in [-0.15, -0.1) is 0 Å². The summed E-state index contributed by atoms with van der Waals surface area (Å²) in [5, 5.41) is 0. The van der Waals surface area contributed by atoms with Gasteiger partial charge in [0.15, 0.2) is 5.78 Å². The molecule has 0 saturated carbocycles. The zero-order valence-corrected chi connectivity index (χ0v) is 7.21. The van der Waals surface area contributed by atoms with Crippen LogP contribution in [0.4, 0.5) is 0 Å². The Morgan fingerprint density at radius 1 is 1.42 bits per heavy atom. The molecule has 2 rings (SSSR count). The van der Waals surface area contributed by atoms with Gasteiger partial charge in [0.25, 0.3) is 0 Å². The number of fused-ring (bicyclic) bond motifs is 1. The van der Waals surface area contributed by atoms with Crippen molar-refractivity contribution in [3.8, 4) is 0 Å². The highest BCUT2D eigenvalue weighted by Crippen LogP contribution is 2.39. The van der Waals surface area contributed by atoms with Crippen LogP contribution in [0, 0.1) is 5.41 Å². The van der Waals surface area contributed by atoms with Crippen molar-refractivity contribution < 1.29 is 4.79 Å². The van der Waals surface area contributed by atoms with Gasteiger partial charge in [0.2, 0.25) is 0 Å². The average molecular weight is 160 g/mol. The molecule has 0 aromatic heterocycles. The van der Waals surface area contributed by atoms with Gasteiger partial charge < -0.3 is 0 Å². The van der Waals surface area contributed by atoms with E-state index in [-0.39, 0.29) is 11.2 Å². The molecule has 0 amide bonds. The summed E-state index contributed by atoms with van der Waals surface area (Å²) < 4.78 is 0. The molecule has 62 valence electrons. The van der Waals surface area contributed by atoms with Crippen molar-refractivity contribution in [2.24, 2.45) is 5.41 Å². The number of carbonyl (C=O) groups excluding carboxylic acids is 1. The van der Waals surface area contributed by atoms with Crippen LogP contribution in [0.15, 0.2) is 36.0 Å². The van der Waals surface area contributed by atoms with E-state index in [9.17, 15) is 4.79 Å². The molecule has 0 N–H and O–H groups in total. The van der Waals surface area contributed by atoms with Crippen molar-refractivity contribution in [2.75, 3.05) is 0 Å². The van der Waals surface area contributed by atoms with Crippen molar-refractivity contribution in [3.05, 3.63) is 36.0 Å². The van der Waals surface area contributed by atoms with Gasteiger partial charge in [-0.2, -0.15) is 0 Å². The molecule has 0 aliphatic heterocycles. The summed E-state index contributed by atoms with van der Waals surface area (Å²) in [7, 11) is 0. The molecule has 0 aromatic rings. The first-order valence-corrected chi connectivity index (χ1v) is 4.32. The molecule has 0 spiro atoms. The molecule has 0 bridgehead atoms. The number of carbonyl (C=O) groups is 1. The molecule has 1 atom stereocenters. The zero-order valence-electron chi connectivity index (χ0n) is 7.21. The number of ketones is 1. The Kier molecular flexibility index (Phi) is 1.53. The molecule has 0 aromatic carbocycles. The first-order chi connectivity index (χ1) is 5.71. The fourth-order valence-electron chi connectivity index (χ4n) is 1.78. The van der Waals surface area contributed by atoms with Gasteiger partial charge in [-0.3, -0.25) is 4.79 Å². The summed E-state index contributed by atoms with van der Waals surface area (Å²) in [5.41, 5.74) is 1.30. The van der Waals surface area contributed by atoms with Crippen LogP contribution in [0.5, 0.6) is 0 Å². The maximum atomic E-state index is 11.1. The minimum absolute atomic E-state index is 0.128. The van der Waals surface area contributed by atoms with E-state index in [4.69, 9.17) is 0 Å². The van der Waals surface area contributed by atoms with Crippen molar-refractivity contribution >= 4 is 5.78 Å². The van der Waals surface area contributed by atoms with Gasteiger partial charge in [-0.1, -0.05) is 31.2 Å². The minimum atomic E-state index is 0.128. The molecule has 1 nitrogen and oxygen atoms in total. The van der Waals surface area contributed by atoms with Gasteiger partial charge in [-0.25, -0.2) is 0 Å². The first kappa shape index (κ1) is 7.53. The topological polar surface area (TPSA) is 17.1 Å². The van der Waals surface area contributed by atoms with Crippen LogP contribution in [0.25, 0.3) is 0 Å². The van der Waals surface area contributed by atoms with E-state index < -0.39 is 0 Å². The van der Waals surface area contributed by atoms with E-state index >= 15 is 0 Å². The molecular weight excluding hydrogens is 148 g/mol. The lowest BCUT2D eigenvalue weighted by Gasteiger charge is -2.32. The van der Waals surface area contributed by atoms with E-state index in [1.807, 2.05) is 12.2 Å². The Balaban J connectivity index is 2.44. The average Bonchev–Trinajstić information content (AvgIpc) is 2.06. The van der Waals surface area contributed by atoms with E-state index in [0.717, 1.165) is 6.42 Å². The molecule has 12 heavy (non-hydrogen) atoms. The first-order valence-electron chi connectivity index (χ1n) is 4.32. The monoisotopic (exact) mass is 160 g/mol. The second kappa shape index (κ2) is 2.44. The van der Waals surface area contributed by atoms with Crippen LogP contribution in [0.3, 0.4) is 0 Å². The Hall–Kier alpha value is -1.11. The van der Waals surface area contributed by atoms with Crippen LogP contribution in [-0.4, -0.2) is 5.78 Å². The van der Waals surface area contributed by atoms with Crippen LogP contribution in [0.1, 0.15) is 19.8 Å². The SMILES string of the molecule is CC12C=CC=CC1=CC(=O)CC2. The van der Waals surface area contributed by atoms with E-state index in [1.165, 1.54) is 5.57 Å². The molecule has 0 heterocycles. The van der Waals surface area contributed by atoms with E-state index in [1.54, 1.807) is 6.08 Å². The Bertz CT molecular complexity index is 307. The summed E-state index contributed by atoms with van der Waals surface area (Å²) in [6.07, 6.45) is 11.7. The van der Waals surface area contributed by atoms with E-state index in [0.29, 0.717) is 6.42 Å². The molecule has 1 unspecified atom stereocenters. The van der Waals surface area contributed by atoms with Crippen LogP contribution < -0.4 is 0 Å². The standard InChI is InChI=1S/C11H12O/c1-11-6-3-2-4-9(11)8-10(12)5-7-11/h2-4,6,8H,5,7H2,1H3. The molecule has 2 aliphatic carbocycles. The van der Waals surface area contributed by atoms with Gasteiger partial charge in [-0.05, 0) is 18.1 Å². The van der Waals surface area contributed by atoms with Crippen LogP contribution in [0.2, 0.25) is 0 Å². The normalized spacial score (nSPS) is 33.1. The molecule has 0 saturated heterocycles. The Labute approximate surface area is 72.5 Å². The van der Waals surface area contributed by atoms with Gasteiger partial charge >= 0.3 is 0 Å². The van der Waals surface area contributed by atoms with Gasteiger partial charge in [0.05, 0.1) is 0 Å². The Morgan fingerprint density at radius 2 is 2.25 bits per heavy atom. The third-order valence-electron chi connectivity index (χ3n) is 2.72. The predicted molar refractivity (Wildman–Crippen MR) is 48.7 cm³/mol. The number of hydrogen-bond acceptors (Lipinski definition) is 1. The highest BCUT2D eigenvalue weighted by molar-refractivity contribution is 5.92. The Morgan fingerprint density at radius 3 is 3.08 bits per heavy atom. The maximum Gasteiger partial charge on any atom is 0.156 e. The molecule has 0 fully saturated rings. The predicted octanol–water partition coefficient (Wildman–Crippen LogP) is 2.41. The lowest BCUT2D eigenvalue weighted by Crippen LogP contribution is -2.23. The van der Waals surface area contributed by atoms with Crippen molar-refractivity contribution in [3.63, 3.8) is 0 Å². The van der Waals surface area contributed by atoms with Gasteiger partial charge in [0, 0.05) is 11.8 Å². The number of hydrogen-bond donors (Lipinski definition) is 0. The molecular formula is C11H12O. The lowest BCUT2D eigenvalue weighted by atomic mass is 9.72. The second-order valence-electron chi connectivity index (χ2n) is 3.70. The summed E-state index contributed by atoms with van der Waals surface area (Å²) in [5.74, 6) is 0.266. The quantitative estimate of drug-likeness (QED) is 0.532. The zero-order chi connectivity index (χ0) is 8.60. The van der Waals surface area contributed by atoms with Crippen LogP contribution >= 0.6 is 0 Å². The number of allylic oxidation sites excluding steroid dienone is 6. The smallest absolute Gasteiger partial charge is 0.156 e. The van der Waals surface area contributed by atoms with Crippen molar-refractivity contribution in [1.82, 2.24) is 0 Å². The van der Waals surface area contributed by atoms with Crippen LogP contribution in [-0.2, 0) is 4.79 Å². The summed E-state index contributed by atoms with van der Waals surface area (Å²) in [4.78, 5) is 11.1. The summed E-state index contributed by atoms with van der Waals surface area (Å²) in [6, 6.07) is 0. The fourth-order valence-corrected chi connectivity index (χ4v) is 1.78. The highest BCUT2D eigenvalue weighted by atomic mass is 16.1. The fraction of sp³-hybridized carbons (Fsp3) is 0.364. The molecule has 0 radical (unpaired) electrons. The summed E-state index contributed by atoms with van der Waals surface area (Å²) in [6.45, 7) is 2.19. The maximum absolute atomic E-state index is 11.1. The molecule has 2 aliphatic rings. The van der Waals surface area contributed by atoms with Crippen molar-refractivity contribution in [2.45, 2.75) is 19.8 Å². The van der Waals surface area contributed by atoms with Crippen molar-refractivity contribution in [1.29, 1.82) is 0 Å². The lowest BCUT2D eigenvalue weighted by molar-refractivity contribution is -0.115. The summed E-state index contributed by atoms with van der Waals surface area (Å²) >= 11 is 0.